The Morgan fingerprint density at radius 1 is 0.947 bits per heavy atom. The van der Waals surface area contributed by atoms with Crippen LogP contribution in [0.1, 0.15) is 12.5 Å². The van der Waals surface area contributed by atoms with E-state index in [1.165, 1.54) is 5.56 Å². The van der Waals surface area contributed by atoms with Gasteiger partial charge in [0.2, 0.25) is 0 Å². The van der Waals surface area contributed by atoms with E-state index >= 15 is 0 Å². The van der Waals surface area contributed by atoms with Crippen LogP contribution < -0.4 is 5.73 Å². The van der Waals surface area contributed by atoms with Crippen molar-refractivity contribution in [3.8, 4) is 11.3 Å². The average molecular weight is 249 g/mol. The van der Waals surface area contributed by atoms with Crippen LogP contribution in [-0.2, 0) is 6.42 Å². The van der Waals surface area contributed by atoms with E-state index in [4.69, 9.17) is 5.73 Å². The summed E-state index contributed by atoms with van der Waals surface area (Å²) in [5, 5.41) is 10.3. The molecule has 0 saturated heterocycles. The fourth-order valence-electron chi connectivity index (χ4n) is 2.28. The van der Waals surface area contributed by atoms with Crippen molar-refractivity contribution in [3.63, 3.8) is 0 Å². The second kappa shape index (κ2) is 4.69. The lowest BCUT2D eigenvalue weighted by Crippen LogP contribution is -1.97. The Morgan fingerprint density at radius 3 is 2.53 bits per heavy atom. The molecule has 2 aromatic carbocycles. The van der Waals surface area contributed by atoms with Gasteiger partial charge < -0.3 is 5.73 Å². The molecule has 1 heterocycles. The Kier molecular flexibility index (Phi) is 2.88. The van der Waals surface area contributed by atoms with Crippen molar-refractivity contribution in [2.24, 2.45) is 0 Å². The zero-order valence-corrected chi connectivity index (χ0v) is 10.8. The maximum atomic E-state index is 5.89. The van der Waals surface area contributed by atoms with E-state index in [9.17, 15) is 0 Å². The van der Waals surface area contributed by atoms with Crippen molar-refractivity contribution in [1.82, 2.24) is 10.2 Å². The third kappa shape index (κ3) is 2.03. The monoisotopic (exact) mass is 249 g/mol. The van der Waals surface area contributed by atoms with Crippen molar-refractivity contribution < 1.29 is 0 Å². The van der Waals surface area contributed by atoms with Crippen LogP contribution in [0.3, 0.4) is 0 Å². The van der Waals surface area contributed by atoms with Gasteiger partial charge in [-0.05, 0) is 18.1 Å². The Hall–Kier alpha value is -2.42. The van der Waals surface area contributed by atoms with Gasteiger partial charge in [-0.3, -0.25) is 0 Å². The van der Waals surface area contributed by atoms with E-state index in [1.54, 1.807) is 0 Å². The van der Waals surface area contributed by atoms with Crippen molar-refractivity contribution in [1.29, 1.82) is 0 Å². The number of aryl methyl sites for hydroxylation is 1. The molecular formula is C16H15N3. The summed E-state index contributed by atoms with van der Waals surface area (Å²) in [7, 11) is 0. The van der Waals surface area contributed by atoms with Crippen LogP contribution in [0, 0.1) is 0 Å². The molecule has 0 aliphatic rings. The van der Waals surface area contributed by atoms with Crippen LogP contribution in [0.2, 0.25) is 0 Å². The Labute approximate surface area is 112 Å². The zero-order chi connectivity index (χ0) is 13.2. The summed E-state index contributed by atoms with van der Waals surface area (Å²) in [5.41, 5.74) is 9.15. The van der Waals surface area contributed by atoms with Crippen LogP contribution in [0.15, 0.2) is 48.5 Å². The third-order valence-corrected chi connectivity index (χ3v) is 3.32. The minimum Gasteiger partial charge on any atom is -0.382 e. The normalized spacial score (nSPS) is 10.8. The van der Waals surface area contributed by atoms with Crippen molar-refractivity contribution in [2.45, 2.75) is 13.3 Å². The molecule has 0 fully saturated rings. The van der Waals surface area contributed by atoms with Crippen LogP contribution in [0.5, 0.6) is 0 Å². The Balaban J connectivity index is 2.28. The topological polar surface area (TPSA) is 51.8 Å². The van der Waals surface area contributed by atoms with Gasteiger partial charge >= 0.3 is 0 Å². The number of hydrogen-bond acceptors (Lipinski definition) is 3. The summed E-state index contributed by atoms with van der Waals surface area (Å²) in [5.74, 6) is 0.478. The maximum absolute atomic E-state index is 5.89. The molecule has 0 saturated carbocycles. The number of fused-ring (bicyclic) bond motifs is 1. The van der Waals surface area contributed by atoms with Crippen LogP contribution in [0.4, 0.5) is 5.82 Å². The van der Waals surface area contributed by atoms with E-state index < -0.39 is 0 Å². The number of benzene rings is 2. The molecule has 19 heavy (non-hydrogen) atoms. The first-order valence-electron chi connectivity index (χ1n) is 6.40. The number of hydrogen-bond donors (Lipinski definition) is 1. The minimum absolute atomic E-state index is 0.478. The highest BCUT2D eigenvalue weighted by molar-refractivity contribution is 5.99. The molecule has 0 atom stereocenters. The lowest BCUT2D eigenvalue weighted by Gasteiger charge is -2.07. The minimum atomic E-state index is 0.478. The van der Waals surface area contributed by atoms with Gasteiger partial charge in [0.15, 0.2) is 5.82 Å². The van der Waals surface area contributed by atoms with Crippen LogP contribution >= 0.6 is 0 Å². The van der Waals surface area contributed by atoms with Gasteiger partial charge in [-0.1, -0.05) is 49.4 Å². The van der Waals surface area contributed by atoms with Crippen molar-refractivity contribution in [3.05, 3.63) is 54.1 Å². The van der Waals surface area contributed by atoms with Gasteiger partial charge in [0.1, 0.15) is 5.69 Å². The predicted molar refractivity (Wildman–Crippen MR) is 78.8 cm³/mol. The summed E-state index contributed by atoms with van der Waals surface area (Å²) in [4.78, 5) is 0. The molecule has 0 unspecified atom stereocenters. The van der Waals surface area contributed by atoms with Gasteiger partial charge in [-0.2, -0.15) is 0 Å². The van der Waals surface area contributed by atoms with Gasteiger partial charge in [0, 0.05) is 16.3 Å². The van der Waals surface area contributed by atoms with E-state index in [0.29, 0.717) is 5.82 Å². The van der Waals surface area contributed by atoms with Gasteiger partial charge in [-0.15, -0.1) is 10.2 Å². The summed E-state index contributed by atoms with van der Waals surface area (Å²) in [6, 6.07) is 16.4. The molecule has 0 bridgehead atoms. The molecule has 3 rings (SSSR count). The molecule has 3 heteroatoms. The quantitative estimate of drug-likeness (QED) is 0.757. The summed E-state index contributed by atoms with van der Waals surface area (Å²) in [6.07, 6.45) is 1.01. The first kappa shape index (κ1) is 11.7. The summed E-state index contributed by atoms with van der Waals surface area (Å²) < 4.78 is 0. The van der Waals surface area contributed by atoms with Crippen LogP contribution in [0.25, 0.3) is 22.0 Å². The Morgan fingerprint density at radius 2 is 1.74 bits per heavy atom. The lowest BCUT2D eigenvalue weighted by molar-refractivity contribution is 1.06. The molecule has 3 nitrogen and oxygen atoms in total. The third-order valence-electron chi connectivity index (χ3n) is 3.32. The smallest absolute Gasteiger partial charge is 0.154 e. The lowest BCUT2D eigenvalue weighted by atomic mass is 10.0. The van der Waals surface area contributed by atoms with E-state index in [0.717, 1.165) is 28.5 Å². The molecule has 0 aliphatic carbocycles. The number of nitrogen functional groups attached to an aromatic ring is 1. The molecule has 0 amide bonds. The fraction of sp³-hybridized carbons (Fsp3) is 0.125. The predicted octanol–water partition coefficient (Wildman–Crippen LogP) is 3.44. The van der Waals surface area contributed by atoms with Gasteiger partial charge in [0.25, 0.3) is 0 Å². The van der Waals surface area contributed by atoms with E-state index in [-0.39, 0.29) is 0 Å². The average Bonchev–Trinajstić information content (AvgIpc) is 2.48. The highest BCUT2D eigenvalue weighted by Crippen LogP contribution is 2.28. The number of nitrogens with zero attached hydrogens (tertiary/aromatic N) is 2. The molecule has 3 aromatic rings. The first-order valence-corrected chi connectivity index (χ1v) is 6.40. The second-order valence-corrected chi connectivity index (χ2v) is 4.53. The molecule has 2 N–H and O–H groups in total. The summed E-state index contributed by atoms with van der Waals surface area (Å²) >= 11 is 0. The second-order valence-electron chi connectivity index (χ2n) is 4.53. The van der Waals surface area contributed by atoms with Crippen LogP contribution in [-0.4, -0.2) is 10.2 Å². The van der Waals surface area contributed by atoms with Crippen molar-refractivity contribution in [2.75, 3.05) is 5.73 Å². The SMILES string of the molecule is CCc1cccc(-c2nnc(N)c3ccccc23)c1. The molecule has 0 spiro atoms. The highest BCUT2D eigenvalue weighted by Gasteiger charge is 2.08. The van der Waals surface area contributed by atoms with E-state index in [1.807, 2.05) is 24.3 Å². The standard InChI is InChI=1S/C16H15N3/c1-2-11-6-5-7-12(10-11)15-13-8-3-4-9-14(13)16(17)19-18-15/h3-10H,2H2,1H3,(H2,17,19). The summed E-state index contributed by atoms with van der Waals surface area (Å²) in [6.45, 7) is 2.14. The number of rotatable bonds is 2. The van der Waals surface area contributed by atoms with Crippen molar-refractivity contribution >= 4 is 16.6 Å². The molecule has 0 aliphatic heterocycles. The molecule has 0 radical (unpaired) electrons. The molecular weight excluding hydrogens is 234 g/mol. The molecule has 1 aromatic heterocycles. The van der Waals surface area contributed by atoms with Gasteiger partial charge in [0.05, 0.1) is 0 Å². The fourth-order valence-corrected chi connectivity index (χ4v) is 2.28. The number of anilines is 1. The number of aromatic nitrogens is 2. The first-order chi connectivity index (χ1) is 9.29. The Bertz CT molecular complexity index is 735. The largest absolute Gasteiger partial charge is 0.382 e. The molecule has 94 valence electrons. The maximum Gasteiger partial charge on any atom is 0.154 e. The number of nitrogens with two attached hydrogens (primary N) is 1. The van der Waals surface area contributed by atoms with E-state index in [2.05, 4.69) is 41.4 Å². The zero-order valence-electron chi connectivity index (χ0n) is 10.8. The highest BCUT2D eigenvalue weighted by atomic mass is 15.1. The van der Waals surface area contributed by atoms with Gasteiger partial charge in [-0.25, -0.2) is 0 Å².